The summed E-state index contributed by atoms with van der Waals surface area (Å²) >= 11 is 0. The van der Waals surface area contributed by atoms with E-state index in [1.807, 2.05) is 4.90 Å². The zero-order chi connectivity index (χ0) is 15.5. The Bertz CT molecular complexity index is 684. The quantitative estimate of drug-likeness (QED) is 0.845. The molecule has 1 saturated heterocycles. The molecular weight excluding hydrogens is 285 g/mol. The first-order valence-electron chi connectivity index (χ1n) is 7.45. The van der Waals surface area contributed by atoms with E-state index in [2.05, 4.69) is 15.4 Å². The van der Waals surface area contributed by atoms with Crippen LogP contribution in [0.5, 0.6) is 0 Å². The van der Waals surface area contributed by atoms with Gasteiger partial charge >= 0.3 is 0 Å². The van der Waals surface area contributed by atoms with E-state index in [4.69, 9.17) is 0 Å². The highest BCUT2D eigenvalue weighted by Crippen LogP contribution is 2.17. The Hall–Kier alpha value is -2.31. The first-order valence-corrected chi connectivity index (χ1v) is 7.45. The Balaban J connectivity index is 1.59. The molecule has 1 aromatic carbocycles. The minimum atomic E-state index is -0.244. The molecule has 1 amide bonds. The Morgan fingerprint density at radius 3 is 2.91 bits per heavy atom. The predicted molar refractivity (Wildman–Crippen MR) is 78.4 cm³/mol. The van der Waals surface area contributed by atoms with Crippen molar-refractivity contribution in [2.75, 3.05) is 13.1 Å². The maximum Gasteiger partial charge on any atom is 0.222 e. The molecule has 1 fully saturated rings. The summed E-state index contributed by atoms with van der Waals surface area (Å²) in [6, 6.07) is 4.76. The number of benzene rings is 1. The number of halogens is 1. The van der Waals surface area contributed by atoms with Crippen LogP contribution in [0.25, 0.3) is 11.4 Å². The zero-order valence-corrected chi connectivity index (χ0v) is 12.5. The minimum Gasteiger partial charge on any atom is -0.343 e. The van der Waals surface area contributed by atoms with E-state index >= 15 is 0 Å². The van der Waals surface area contributed by atoms with Crippen molar-refractivity contribution < 1.29 is 9.18 Å². The Morgan fingerprint density at radius 2 is 2.18 bits per heavy atom. The van der Waals surface area contributed by atoms with Gasteiger partial charge in [-0.3, -0.25) is 4.79 Å². The number of carbonyl (C=O) groups is 1. The van der Waals surface area contributed by atoms with Crippen LogP contribution in [-0.2, 0) is 11.3 Å². The van der Waals surface area contributed by atoms with E-state index in [1.54, 1.807) is 19.1 Å². The van der Waals surface area contributed by atoms with Crippen molar-refractivity contribution in [3.63, 3.8) is 0 Å². The molecule has 22 heavy (non-hydrogen) atoms. The molecule has 1 aliphatic heterocycles. The Kier molecular flexibility index (Phi) is 4.13. The highest BCUT2D eigenvalue weighted by Gasteiger charge is 2.19. The zero-order valence-electron chi connectivity index (χ0n) is 12.5. The highest BCUT2D eigenvalue weighted by molar-refractivity contribution is 5.77. The lowest BCUT2D eigenvalue weighted by atomic mass is 10.1. The molecule has 0 unspecified atom stereocenters. The number of carbonyl (C=O) groups excluding carboxylic acids is 1. The van der Waals surface area contributed by atoms with Crippen molar-refractivity contribution >= 4 is 5.91 Å². The monoisotopic (exact) mass is 303 g/mol. The van der Waals surface area contributed by atoms with Crippen LogP contribution in [-0.4, -0.2) is 44.1 Å². The van der Waals surface area contributed by atoms with Gasteiger partial charge in [0.25, 0.3) is 0 Å². The number of aryl methyl sites for hydroxylation is 2. The molecular formula is C15H18FN5O. The molecule has 0 N–H and O–H groups in total. The average molecular weight is 303 g/mol. The lowest BCUT2D eigenvalue weighted by Crippen LogP contribution is -2.26. The van der Waals surface area contributed by atoms with Gasteiger partial charge in [-0.1, -0.05) is 0 Å². The summed E-state index contributed by atoms with van der Waals surface area (Å²) in [7, 11) is 0. The molecule has 0 saturated carbocycles. The second kappa shape index (κ2) is 6.21. The molecule has 0 aliphatic carbocycles. The molecule has 1 aromatic heterocycles. The van der Waals surface area contributed by atoms with Gasteiger partial charge < -0.3 is 4.90 Å². The highest BCUT2D eigenvalue weighted by atomic mass is 19.1. The van der Waals surface area contributed by atoms with E-state index in [-0.39, 0.29) is 11.7 Å². The van der Waals surface area contributed by atoms with Crippen molar-refractivity contribution in [1.82, 2.24) is 25.1 Å². The molecule has 0 radical (unpaired) electrons. The molecule has 3 rings (SSSR count). The van der Waals surface area contributed by atoms with Crippen LogP contribution in [0.1, 0.15) is 24.8 Å². The van der Waals surface area contributed by atoms with Gasteiger partial charge in [-0.15, -0.1) is 10.2 Å². The lowest BCUT2D eigenvalue weighted by Gasteiger charge is -2.14. The normalized spacial score (nSPS) is 14.8. The van der Waals surface area contributed by atoms with Crippen molar-refractivity contribution in [3.05, 3.63) is 29.6 Å². The maximum atomic E-state index is 13.3. The maximum absolute atomic E-state index is 13.3. The van der Waals surface area contributed by atoms with Gasteiger partial charge in [0.05, 0.1) is 6.54 Å². The molecule has 0 spiro atoms. The molecule has 6 nitrogen and oxygen atoms in total. The van der Waals surface area contributed by atoms with E-state index in [1.165, 1.54) is 10.9 Å². The number of aromatic nitrogens is 4. The summed E-state index contributed by atoms with van der Waals surface area (Å²) in [6.45, 7) is 3.89. The lowest BCUT2D eigenvalue weighted by molar-refractivity contribution is -0.127. The van der Waals surface area contributed by atoms with E-state index < -0.39 is 0 Å². The summed E-state index contributed by atoms with van der Waals surface area (Å²) < 4.78 is 13.3. The third kappa shape index (κ3) is 3.13. The first-order chi connectivity index (χ1) is 10.6. The SMILES string of the molecule is Cc1cc(-c2nnn(CCCN3CCCC3=O)n2)ccc1F. The van der Waals surface area contributed by atoms with Crippen molar-refractivity contribution in [1.29, 1.82) is 0 Å². The summed E-state index contributed by atoms with van der Waals surface area (Å²) in [5.74, 6) is 0.473. The second-order valence-electron chi connectivity index (χ2n) is 5.51. The fraction of sp³-hybridized carbons (Fsp3) is 0.467. The second-order valence-corrected chi connectivity index (χ2v) is 5.51. The number of amides is 1. The van der Waals surface area contributed by atoms with Gasteiger partial charge in [0, 0.05) is 25.1 Å². The summed E-state index contributed by atoms with van der Waals surface area (Å²) in [5.41, 5.74) is 1.31. The fourth-order valence-corrected chi connectivity index (χ4v) is 2.58. The summed E-state index contributed by atoms with van der Waals surface area (Å²) in [6.07, 6.45) is 2.41. The van der Waals surface area contributed by atoms with Crippen LogP contribution in [0.4, 0.5) is 4.39 Å². The molecule has 116 valence electrons. The molecule has 2 heterocycles. The number of nitrogens with zero attached hydrogens (tertiary/aromatic N) is 5. The van der Waals surface area contributed by atoms with Crippen LogP contribution in [0.2, 0.25) is 0 Å². The summed E-state index contributed by atoms with van der Waals surface area (Å²) in [4.78, 5) is 14.9. The van der Waals surface area contributed by atoms with Gasteiger partial charge in [-0.2, -0.15) is 4.80 Å². The first kappa shape index (κ1) is 14.6. The third-order valence-electron chi connectivity index (χ3n) is 3.83. The van der Waals surface area contributed by atoms with Crippen LogP contribution in [0.3, 0.4) is 0 Å². The Labute approximate surface area is 127 Å². The minimum absolute atomic E-state index is 0.231. The van der Waals surface area contributed by atoms with Crippen molar-refractivity contribution in [2.24, 2.45) is 0 Å². The number of tetrazole rings is 1. The molecule has 7 heteroatoms. The molecule has 1 aliphatic rings. The molecule has 0 bridgehead atoms. The van der Waals surface area contributed by atoms with Gasteiger partial charge in [-0.05, 0) is 48.7 Å². The Morgan fingerprint density at radius 1 is 1.32 bits per heavy atom. The molecule has 2 aromatic rings. The predicted octanol–water partition coefficient (Wildman–Crippen LogP) is 1.80. The topological polar surface area (TPSA) is 63.9 Å². The fourth-order valence-electron chi connectivity index (χ4n) is 2.58. The van der Waals surface area contributed by atoms with Crippen LogP contribution in [0.15, 0.2) is 18.2 Å². The number of likely N-dealkylation sites (tertiary alicyclic amines) is 1. The van der Waals surface area contributed by atoms with E-state index in [9.17, 15) is 9.18 Å². The largest absolute Gasteiger partial charge is 0.343 e. The number of rotatable bonds is 5. The standard InChI is InChI=1S/C15H18FN5O/c1-11-10-12(5-6-13(11)16)15-17-19-21(18-15)9-3-8-20-7-2-4-14(20)22/h5-6,10H,2-4,7-9H2,1H3. The van der Waals surface area contributed by atoms with Crippen LogP contribution >= 0.6 is 0 Å². The van der Waals surface area contributed by atoms with Crippen LogP contribution < -0.4 is 0 Å². The molecule has 0 atom stereocenters. The van der Waals surface area contributed by atoms with Gasteiger partial charge in [0.15, 0.2) is 0 Å². The van der Waals surface area contributed by atoms with Gasteiger partial charge in [-0.25, -0.2) is 4.39 Å². The van der Waals surface area contributed by atoms with Gasteiger partial charge in [0.1, 0.15) is 5.82 Å². The summed E-state index contributed by atoms with van der Waals surface area (Å²) in [5, 5.41) is 12.3. The smallest absolute Gasteiger partial charge is 0.222 e. The van der Waals surface area contributed by atoms with Crippen molar-refractivity contribution in [3.8, 4) is 11.4 Å². The van der Waals surface area contributed by atoms with Crippen LogP contribution in [0, 0.1) is 12.7 Å². The average Bonchev–Trinajstić information content (AvgIpc) is 3.12. The number of hydrogen-bond donors (Lipinski definition) is 0. The van der Waals surface area contributed by atoms with E-state index in [0.29, 0.717) is 24.4 Å². The van der Waals surface area contributed by atoms with E-state index in [0.717, 1.165) is 31.5 Å². The number of hydrogen-bond acceptors (Lipinski definition) is 4. The third-order valence-corrected chi connectivity index (χ3v) is 3.83. The van der Waals surface area contributed by atoms with Gasteiger partial charge in [0.2, 0.25) is 11.7 Å². The van der Waals surface area contributed by atoms with Crippen molar-refractivity contribution in [2.45, 2.75) is 32.7 Å².